The van der Waals surface area contributed by atoms with Gasteiger partial charge < -0.3 is 9.42 Å². The van der Waals surface area contributed by atoms with Crippen LogP contribution in [0.1, 0.15) is 35.9 Å². The molecule has 0 unspecified atom stereocenters. The van der Waals surface area contributed by atoms with Crippen LogP contribution in [0.25, 0.3) is 11.4 Å². The van der Waals surface area contributed by atoms with Crippen molar-refractivity contribution >= 4 is 17.5 Å². The second kappa shape index (κ2) is 7.53. The molecule has 1 aromatic heterocycles. The van der Waals surface area contributed by atoms with Gasteiger partial charge in [0.15, 0.2) is 0 Å². The number of carbonyl (C=O) groups is 1. The maximum Gasteiger partial charge on any atom is 0.249 e. The summed E-state index contributed by atoms with van der Waals surface area (Å²) in [7, 11) is 0. The SMILES string of the molecule is Cc1ccc(CC(=O)N2CCC[C@H]2c2nc(-c3cccc(Cl)c3)no2)cc1. The molecule has 1 atom stereocenters. The van der Waals surface area contributed by atoms with Crippen LogP contribution in [0.3, 0.4) is 0 Å². The van der Waals surface area contributed by atoms with Crippen LogP contribution >= 0.6 is 11.6 Å². The van der Waals surface area contributed by atoms with Crippen molar-refractivity contribution in [3.8, 4) is 11.4 Å². The molecule has 138 valence electrons. The minimum absolute atomic E-state index is 0.0869. The van der Waals surface area contributed by atoms with Crippen LogP contribution in [0.2, 0.25) is 5.02 Å². The maximum atomic E-state index is 12.8. The first-order chi connectivity index (χ1) is 13.1. The number of hydrogen-bond donors (Lipinski definition) is 0. The van der Waals surface area contributed by atoms with Crippen LogP contribution < -0.4 is 0 Å². The summed E-state index contributed by atoms with van der Waals surface area (Å²) in [6.07, 6.45) is 2.14. The first-order valence-corrected chi connectivity index (χ1v) is 9.42. The topological polar surface area (TPSA) is 59.2 Å². The quantitative estimate of drug-likeness (QED) is 0.662. The smallest absolute Gasteiger partial charge is 0.249 e. The number of aryl methyl sites for hydroxylation is 1. The van der Waals surface area contributed by atoms with Gasteiger partial charge in [0.2, 0.25) is 17.6 Å². The zero-order valence-corrected chi connectivity index (χ0v) is 15.8. The molecular formula is C21H20ClN3O2. The van der Waals surface area contributed by atoms with E-state index in [0.717, 1.165) is 24.0 Å². The largest absolute Gasteiger partial charge is 0.337 e. The summed E-state index contributed by atoms with van der Waals surface area (Å²) in [5, 5.41) is 4.70. The minimum Gasteiger partial charge on any atom is -0.337 e. The number of hydrogen-bond acceptors (Lipinski definition) is 4. The van der Waals surface area contributed by atoms with E-state index in [1.807, 2.05) is 48.2 Å². The number of amides is 1. The summed E-state index contributed by atoms with van der Waals surface area (Å²) < 4.78 is 5.49. The van der Waals surface area contributed by atoms with Gasteiger partial charge in [-0.25, -0.2) is 0 Å². The van der Waals surface area contributed by atoms with Gasteiger partial charge in [0.1, 0.15) is 6.04 Å². The van der Waals surface area contributed by atoms with Crippen LogP contribution in [0.4, 0.5) is 0 Å². The predicted octanol–water partition coefficient (Wildman–Crippen LogP) is 4.60. The molecule has 2 heterocycles. The molecule has 0 N–H and O–H groups in total. The molecule has 0 spiro atoms. The molecule has 4 rings (SSSR count). The first-order valence-electron chi connectivity index (χ1n) is 9.05. The van der Waals surface area contributed by atoms with Gasteiger partial charge >= 0.3 is 0 Å². The van der Waals surface area contributed by atoms with Crippen molar-refractivity contribution in [3.63, 3.8) is 0 Å². The van der Waals surface area contributed by atoms with E-state index in [0.29, 0.717) is 29.7 Å². The highest BCUT2D eigenvalue weighted by atomic mass is 35.5. The van der Waals surface area contributed by atoms with Gasteiger partial charge in [-0.1, -0.05) is 58.7 Å². The van der Waals surface area contributed by atoms with E-state index in [1.165, 1.54) is 5.56 Å². The lowest BCUT2D eigenvalue weighted by Crippen LogP contribution is -2.32. The Balaban J connectivity index is 1.51. The summed E-state index contributed by atoms with van der Waals surface area (Å²) in [5.74, 6) is 1.06. The number of aromatic nitrogens is 2. The van der Waals surface area contributed by atoms with E-state index < -0.39 is 0 Å². The fourth-order valence-electron chi connectivity index (χ4n) is 3.42. The Bertz CT molecular complexity index is 952. The number of halogens is 1. The lowest BCUT2D eigenvalue weighted by molar-refractivity contribution is -0.131. The Morgan fingerprint density at radius 1 is 1.26 bits per heavy atom. The normalized spacial score (nSPS) is 16.7. The van der Waals surface area contributed by atoms with E-state index in [2.05, 4.69) is 10.1 Å². The van der Waals surface area contributed by atoms with E-state index >= 15 is 0 Å². The Morgan fingerprint density at radius 2 is 2.07 bits per heavy atom. The van der Waals surface area contributed by atoms with Gasteiger partial charge in [-0.05, 0) is 37.5 Å². The molecule has 2 aromatic carbocycles. The van der Waals surface area contributed by atoms with E-state index in [9.17, 15) is 4.79 Å². The summed E-state index contributed by atoms with van der Waals surface area (Å²) in [6, 6.07) is 15.2. The van der Waals surface area contributed by atoms with Crippen molar-refractivity contribution in [2.24, 2.45) is 0 Å². The van der Waals surface area contributed by atoms with Gasteiger partial charge in [-0.3, -0.25) is 4.79 Å². The summed E-state index contributed by atoms with van der Waals surface area (Å²) >= 11 is 6.04. The average Bonchev–Trinajstić information content (AvgIpc) is 3.33. The summed E-state index contributed by atoms with van der Waals surface area (Å²) in [4.78, 5) is 19.2. The number of carbonyl (C=O) groups excluding carboxylic acids is 1. The molecule has 1 aliphatic rings. The molecule has 0 saturated carbocycles. The van der Waals surface area contributed by atoms with Crippen LogP contribution in [0.5, 0.6) is 0 Å². The predicted molar refractivity (Wildman–Crippen MR) is 103 cm³/mol. The van der Waals surface area contributed by atoms with Crippen LogP contribution in [-0.4, -0.2) is 27.5 Å². The van der Waals surface area contributed by atoms with Gasteiger partial charge in [-0.2, -0.15) is 4.98 Å². The molecule has 1 fully saturated rings. The fraction of sp³-hybridized carbons (Fsp3) is 0.286. The molecule has 0 radical (unpaired) electrons. The van der Waals surface area contributed by atoms with Crippen molar-refractivity contribution in [2.45, 2.75) is 32.2 Å². The van der Waals surface area contributed by atoms with Crippen LogP contribution in [0, 0.1) is 6.92 Å². The third-order valence-electron chi connectivity index (χ3n) is 4.86. The zero-order chi connectivity index (χ0) is 18.8. The van der Waals surface area contributed by atoms with Crippen LogP contribution in [0.15, 0.2) is 53.1 Å². The maximum absolute atomic E-state index is 12.8. The first kappa shape index (κ1) is 17.7. The van der Waals surface area contributed by atoms with Crippen molar-refractivity contribution in [3.05, 3.63) is 70.6 Å². The van der Waals surface area contributed by atoms with Crippen molar-refractivity contribution in [2.75, 3.05) is 6.54 Å². The summed E-state index contributed by atoms with van der Waals surface area (Å²) in [5.41, 5.74) is 3.00. The van der Waals surface area contributed by atoms with Gasteiger partial charge in [0.25, 0.3) is 0 Å². The van der Waals surface area contributed by atoms with Gasteiger partial charge in [0, 0.05) is 17.1 Å². The highest BCUT2D eigenvalue weighted by Crippen LogP contribution is 2.32. The molecule has 6 heteroatoms. The number of rotatable bonds is 4. The van der Waals surface area contributed by atoms with Crippen LogP contribution in [-0.2, 0) is 11.2 Å². The average molecular weight is 382 g/mol. The van der Waals surface area contributed by atoms with E-state index in [-0.39, 0.29) is 11.9 Å². The second-order valence-electron chi connectivity index (χ2n) is 6.87. The van der Waals surface area contributed by atoms with E-state index in [4.69, 9.17) is 16.1 Å². The molecule has 1 saturated heterocycles. The zero-order valence-electron chi connectivity index (χ0n) is 15.1. The molecule has 0 aliphatic carbocycles. The number of benzene rings is 2. The van der Waals surface area contributed by atoms with Gasteiger partial charge in [-0.15, -0.1) is 0 Å². The van der Waals surface area contributed by atoms with Gasteiger partial charge in [0.05, 0.1) is 6.42 Å². The molecule has 0 bridgehead atoms. The Morgan fingerprint density at radius 3 is 2.85 bits per heavy atom. The Kier molecular flexibility index (Phi) is 4.94. The molecule has 1 aliphatic heterocycles. The molecule has 27 heavy (non-hydrogen) atoms. The Labute approximate surface area is 163 Å². The third-order valence-corrected chi connectivity index (χ3v) is 5.09. The lowest BCUT2D eigenvalue weighted by atomic mass is 10.1. The van der Waals surface area contributed by atoms with Crippen molar-refractivity contribution < 1.29 is 9.32 Å². The molecular weight excluding hydrogens is 362 g/mol. The molecule has 3 aromatic rings. The van der Waals surface area contributed by atoms with Crippen molar-refractivity contribution in [1.29, 1.82) is 0 Å². The minimum atomic E-state index is -0.164. The third kappa shape index (κ3) is 3.88. The molecule has 5 nitrogen and oxygen atoms in total. The number of likely N-dealkylation sites (tertiary alicyclic amines) is 1. The Hall–Kier alpha value is -2.66. The standard InChI is InChI=1S/C21H20ClN3O2/c1-14-7-9-15(10-8-14)12-19(26)25-11-3-6-18(25)21-23-20(24-27-21)16-4-2-5-17(22)13-16/h2,4-5,7-10,13,18H,3,6,11-12H2,1H3/t18-/m0/s1. The molecule has 1 amide bonds. The highest BCUT2D eigenvalue weighted by Gasteiger charge is 2.34. The highest BCUT2D eigenvalue weighted by molar-refractivity contribution is 6.30. The summed E-state index contributed by atoms with van der Waals surface area (Å²) in [6.45, 7) is 2.75. The monoisotopic (exact) mass is 381 g/mol. The lowest BCUT2D eigenvalue weighted by Gasteiger charge is -2.22. The fourth-order valence-corrected chi connectivity index (χ4v) is 3.61. The second-order valence-corrected chi connectivity index (χ2v) is 7.31. The number of nitrogens with zero attached hydrogens (tertiary/aromatic N) is 3. The van der Waals surface area contributed by atoms with Crippen molar-refractivity contribution in [1.82, 2.24) is 15.0 Å². The van der Waals surface area contributed by atoms with E-state index in [1.54, 1.807) is 12.1 Å².